The molecule has 0 bridgehead atoms. The van der Waals surface area contributed by atoms with Gasteiger partial charge in [0.05, 0.1) is 0 Å². The number of hydrogen-bond acceptors (Lipinski definition) is 2. The number of halogens is 2. The van der Waals surface area contributed by atoms with Gasteiger partial charge in [0, 0.05) is 25.7 Å². The van der Waals surface area contributed by atoms with Crippen molar-refractivity contribution in [2.75, 3.05) is 18.0 Å². The van der Waals surface area contributed by atoms with Crippen molar-refractivity contribution in [1.29, 1.82) is 0 Å². The highest BCUT2D eigenvalue weighted by Crippen LogP contribution is 2.27. The van der Waals surface area contributed by atoms with Crippen molar-refractivity contribution in [3.8, 4) is 0 Å². The Labute approximate surface area is 120 Å². The molecule has 0 aromatic heterocycles. The van der Waals surface area contributed by atoms with Gasteiger partial charge in [-0.25, -0.2) is 8.78 Å². The molecule has 2 nitrogen and oxygen atoms in total. The number of benzene rings is 1. The molecule has 0 unspecified atom stereocenters. The SMILES string of the molecule is CC(C)NCc1cc(F)c(N2CCCCCC2)c(F)c1. The van der Waals surface area contributed by atoms with E-state index in [0.29, 0.717) is 18.2 Å². The van der Waals surface area contributed by atoms with Gasteiger partial charge in [-0.2, -0.15) is 0 Å². The van der Waals surface area contributed by atoms with Crippen LogP contribution in [0.25, 0.3) is 0 Å². The molecular formula is C16H24F2N2. The summed E-state index contributed by atoms with van der Waals surface area (Å²) >= 11 is 0. The van der Waals surface area contributed by atoms with Crippen LogP contribution < -0.4 is 10.2 Å². The van der Waals surface area contributed by atoms with Gasteiger partial charge in [0.15, 0.2) is 0 Å². The van der Waals surface area contributed by atoms with Crippen LogP contribution in [0.3, 0.4) is 0 Å². The zero-order valence-corrected chi connectivity index (χ0v) is 12.4. The predicted molar refractivity (Wildman–Crippen MR) is 79.0 cm³/mol. The zero-order valence-electron chi connectivity index (χ0n) is 12.4. The molecule has 4 heteroatoms. The minimum absolute atomic E-state index is 0.153. The van der Waals surface area contributed by atoms with Crippen LogP contribution in [0.2, 0.25) is 0 Å². The van der Waals surface area contributed by atoms with Gasteiger partial charge >= 0.3 is 0 Å². The summed E-state index contributed by atoms with van der Waals surface area (Å²) in [6, 6.07) is 3.21. The molecule has 1 aromatic carbocycles. The number of nitrogens with zero attached hydrogens (tertiary/aromatic N) is 1. The van der Waals surface area contributed by atoms with E-state index >= 15 is 0 Å². The summed E-state index contributed by atoms with van der Waals surface area (Å²) in [4.78, 5) is 1.86. The molecule has 1 N–H and O–H groups in total. The first-order valence-corrected chi connectivity index (χ1v) is 7.54. The largest absolute Gasteiger partial charge is 0.367 e. The molecular weight excluding hydrogens is 258 g/mol. The first-order valence-electron chi connectivity index (χ1n) is 7.54. The second-order valence-electron chi connectivity index (χ2n) is 5.84. The van der Waals surface area contributed by atoms with Gasteiger partial charge in [-0.15, -0.1) is 0 Å². The minimum Gasteiger partial charge on any atom is -0.367 e. The van der Waals surface area contributed by atoms with E-state index in [9.17, 15) is 8.78 Å². The van der Waals surface area contributed by atoms with Crippen molar-refractivity contribution in [1.82, 2.24) is 5.32 Å². The minimum atomic E-state index is -0.438. The van der Waals surface area contributed by atoms with Gasteiger partial charge in [-0.05, 0) is 30.5 Å². The third kappa shape index (κ3) is 3.92. The first kappa shape index (κ1) is 15.2. The van der Waals surface area contributed by atoms with Crippen molar-refractivity contribution < 1.29 is 8.78 Å². The molecule has 1 heterocycles. The summed E-state index contributed by atoms with van der Waals surface area (Å²) in [5, 5.41) is 3.18. The molecule has 0 radical (unpaired) electrons. The Bertz CT molecular complexity index is 415. The fourth-order valence-electron chi connectivity index (χ4n) is 2.64. The molecule has 0 atom stereocenters. The Kier molecular flexibility index (Phi) is 5.35. The molecule has 0 amide bonds. The van der Waals surface area contributed by atoms with Crippen molar-refractivity contribution in [3.63, 3.8) is 0 Å². The van der Waals surface area contributed by atoms with Crippen LogP contribution in [0.15, 0.2) is 12.1 Å². The highest BCUT2D eigenvalue weighted by atomic mass is 19.1. The first-order chi connectivity index (χ1) is 9.58. The lowest BCUT2D eigenvalue weighted by Crippen LogP contribution is -2.26. The molecule has 0 spiro atoms. The Morgan fingerprint density at radius 3 is 2.10 bits per heavy atom. The van der Waals surface area contributed by atoms with E-state index in [0.717, 1.165) is 38.8 Å². The van der Waals surface area contributed by atoms with E-state index < -0.39 is 11.6 Å². The molecule has 20 heavy (non-hydrogen) atoms. The molecule has 2 rings (SSSR count). The van der Waals surface area contributed by atoms with Gasteiger partial charge in [0.2, 0.25) is 0 Å². The Hall–Kier alpha value is -1.16. The summed E-state index contributed by atoms with van der Waals surface area (Å²) in [5.74, 6) is -0.875. The Morgan fingerprint density at radius 1 is 1.05 bits per heavy atom. The van der Waals surface area contributed by atoms with Gasteiger partial charge in [0.1, 0.15) is 17.3 Å². The third-order valence-corrected chi connectivity index (χ3v) is 3.71. The maximum atomic E-state index is 14.2. The smallest absolute Gasteiger partial charge is 0.149 e. The number of anilines is 1. The van der Waals surface area contributed by atoms with Crippen LogP contribution in [0.5, 0.6) is 0 Å². The number of hydrogen-bond donors (Lipinski definition) is 1. The van der Waals surface area contributed by atoms with E-state index in [4.69, 9.17) is 0 Å². The third-order valence-electron chi connectivity index (χ3n) is 3.71. The van der Waals surface area contributed by atoms with Crippen LogP contribution in [-0.4, -0.2) is 19.1 Å². The second kappa shape index (κ2) is 7.02. The summed E-state index contributed by atoms with van der Waals surface area (Å²) < 4.78 is 28.5. The molecule has 112 valence electrons. The fraction of sp³-hybridized carbons (Fsp3) is 0.625. The van der Waals surface area contributed by atoms with E-state index in [1.807, 2.05) is 18.7 Å². The van der Waals surface area contributed by atoms with Crippen LogP contribution in [0, 0.1) is 11.6 Å². The molecule has 0 aliphatic carbocycles. The van der Waals surface area contributed by atoms with Gasteiger partial charge in [-0.1, -0.05) is 26.7 Å². The van der Waals surface area contributed by atoms with Crippen LogP contribution in [0.1, 0.15) is 45.1 Å². The van der Waals surface area contributed by atoms with Crippen molar-refractivity contribution >= 4 is 5.69 Å². The van der Waals surface area contributed by atoms with Gasteiger partial charge < -0.3 is 10.2 Å². The maximum Gasteiger partial charge on any atom is 0.149 e. The molecule has 0 saturated carbocycles. The summed E-state index contributed by atoms with van der Waals surface area (Å²) in [7, 11) is 0. The van der Waals surface area contributed by atoms with E-state index in [1.165, 1.54) is 12.1 Å². The van der Waals surface area contributed by atoms with Gasteiger partial charge in [0.25, 0.3) is 0 Å². The van der Waals surface area contributed by atoms with E-state index in [1.54, 1.807) is 0 Å². The fourth-order valence-corrected chi connectivity index (χ4v) is 2.64. The second-order valence-corrected chi connectivity index (χ2v) is 5.84. The molecule has 1 aliphatic rings. The van der Waals surface area contributed by atoms with Crippen LogP contribution in [0.4, 0.5) is 14.5 Å². The monoisotopic (exact) mass is 282 g/mol. The van der Waals surface area contributed by atoms with Crippen molar-refractivity contribution in [2.45, 2.75) is 52.1 Å². The van der Waals surface area contributed by atoms with E-state index in [2.05, 4.69) is 5.32 Å². The normalized spacial score (nSPS) is 16.6. The molecule has 1 fully saturated rings. The number of rotatable bonds is 4. The number of nitrogens with one attached hydrogen (secondary N) is 1. The average molecular weight is 282 g/mol. The van der Waals surface area contributed by atoms with Crippen LogP contribution >= 0.6 is 0 Å². The van der Waals surface area contributed by atoms with Crippen LogP contribution in [-0.2, 0) is 6.54 Å². The van der Waals surface area contributed by atoms with Gasteiger partial charge in [-0.3, -0.25) is 0 Å². The highest BCUT2D eigenvalue weighted by molar-refractivity contribution is 5.50. The Balaban J connectivity index is 2.17. The van der Waals surface area contributed by atoms with E-state index in [-0.39, 0.29) is 5.69 Å². The predicted octanol–water partition coefficient (Wildman–Crippen LogP) is 3.84. The zero-order chi connectivity index (χ0) is 14.5. The Morgan fingerprint density at radius 2 is 1.60 bits per heavy atom. The summed E-state index contributed by atoms with van der Waals surface area (Å²) in [6.07, 6.45) is 4.32. The lowest BCUT2D eigenvalue weighted by molar-refractivity contribution is 0.553. The lowest BCUT2D eigenvalue weighted by atomic mass is 10.1. The highest BCUT2D eigenvalue weighted by Gasteiger charge is 2.19. The molecule has 1 aliphatic heterocycles. The summed E-state index contributed by atoms with van der Waals surface area (Å²) in [5.41, 5.74) is 0.812. The average Bonchev–Trinajstić information content (AvgIpc) is 2.64. The van der Waals surface area contributed by atoms with Crippen molar-refractivity contribution in [2.24, 2.45) is 0 Å². The standard InChI is InChI=1S/C16H24F2N2/c1-12(2)19-11-13-9-14(17)16(15(18)10-13)20-7-5-3-4-6-8-20/h9-10,12,19H,3-8,11H2,1-2H3. The topological polar surface area (TPSA) is 15.3 Å². The molecule has 1 saturated heterocycles. The summed E-state index contributed by atoms with van der Waals surface area (Å²) in [6.45, 7) is 6.01. The maximum absolute atomic E-state index is 14.2. The quantitative estimate of drug-likeness (QED) is 0.902. The molecule has 1 aromatic rings. The lowest BCUT2D eigenvalue weighted by Gasteiger charge is -2.24. The van der Waals surface area contributed by atoms with Crippen molar-refractivity contribution in [3.05, 3.63) is 29.3 Å².